The summed E-state index contributed by atoms with van der Waals surface area (Å²) in [6, 6.07) is 17.8. The second-order valence-corrected chi connectivity index (χ2v) is 5.28. The van der Waals surface area contributed by atoms with Crippen molar-refractivity contribution < 1.29 is 4.74 Å². The van der Waals surface area contributed by atoms with Gasteiger partial charge in [0.1, 0.15) is 0 Å². The van der Waals surface area contributed by atoms with E-state index in [1.807, 2.05) is 54.6 Å². The lowest BCUT2D eigenvalue weighted by atomic mass is 10.0. The molecule has 0 fully saturated rings. The Morgan fingerprint density at radius 1 is 1.10 bits per heavy atom. The minimum absolute atomic E-state index is 0.0443. The molecule has 3 heteroatoms. The Bertz CT molecular complexity index is 530. The van der Waals surface area contributed by atoms with Gasteiger partial charge in [-0.15, -0.1) is 0 Å². The van der Waals surface area contributed by atoms with E-state index in [0.29, 0.717) is 11.6 Å². The highest BCUT2D eigenvalue weighted by atomic mass is 35.5. The van der Waals surface area contributed by atoms with Gasteiger partial charge in [0.05, 0.1) is 12.7 Å². The molecule has 2 atom stereocenters. The average molecular weight is 290 g/mol. The molecule has 106 valence electrons. The smallest absolute Gasteiger partial charge is 0.0980 e. The second-order valence-electron chi connectivity index (χ2n) is 4.84. The number of halogens is 1. The fraction of sp³-hybridized carbons (Fsp3) is 0.294. The van der Waals surface area contributed by atoms with Crippen LogP contribution in [0.4, 0.5) is 0 Å². The van der Waals surface area contributed by atoms with Crippen molar-refractivity contribution in [2.75, 3.05) is 0 Å². The van der Waals surface area contributed by atoms with Gasteiger partial charge in [0, 0.05) is 11.1 Å². The van der Waals surface area contributed by atoms with E-state index in [4.69, 9.17) is 22.1 Å². The number of rotatable bonds is 6. The molecule has 0 radical (unpaired) electrons. The molecule has 0 heterocycles. The van der Waals surface area contributed by atoms with Crippen molar-refractivity contribution in [3.63, 3.8) is 0 Å². The average Bonchev–Trinajstić information content (AvgIpc) is 2.48. The molecular weight excluding hydrogens is 270 g/mol. The summed E-state index contributed by atoms with van der Waals surface area (Å²) in [5.74, 6) is 0. The predicted octanol–water partition coefficient (Wildman–Crippen LogP) is 4.34. The SMILES string of the molecule is CCC(N)C(OCc1ccccc1)c1cccc(Cl)c1. The Morgan fingerprint density at radius 3 is 2.50 bits per heavy atom. The van der Waals surface area contributed by atoms with Crippen LogP contribution in [-0.2, 0) is 11.3 Å². The molecule has 2 aromatic rings. The van der Waals surface area contributed by atoms with Crippen molar-refractivity contribution in [1.29, 1.82) is 0 Å². The topological polar surface area (TPSA) is 35.2 Å². The van der Waals surface area contributed by atoms with Crippen LogP contribution in [0.1, 0.15) is 30.6 Å². The van der Waals surface area contributed by atoms with Gasteiger partial charge in [-0.1, -0.05) is 61.0 Å². The molecule has 2 N–H and O–H groups in total. The Labute approximate surface area is 125 Å². The van der Waals surface area contributed by atoms with Gasteiger partial charge >= 0.3 is 0 Å². The van der Waals surface area contributed by atoms with Crippen molar-refractivity contribution in [2.45, 2.75) is 32.1 Å². The van der Waals surface area contributed by atoms with Crippen LogP contribution in [0.25, 0.3) is 0 Å². The third kappa shape index (κ3) is 4.07. The third-order valence-electron chi connectivity index (χ3n) is 3.31. The molecule has 0 spiro atoms. The van der Waals surface area contributed by atoms with Crippen LogP contribution in [-0.4, -0.2) is 6.04 Å². The maximum atomic E-state index is 6.20. The Hall–Kier alpha value is -1.35. The zero-order valence-electron chi connectivity index (χ0n) is 11.6. The monoisotopic (exact) mass is 289 g/mol. The molecule has 2 rings (SSSR count). The summed E-state index contributed by atoms with van der Waals surface area (Å²) >= 11 is 6.06. The first kappa shape index (κ1) is 15.0. The van der Waals surface area contributed by atoms with Gasteiger partial charge in [-0.05, 0) is 29.7 Å². The Morgan fingerprint density at radius 2 is 1.85 bits per heavy atom. The lowest BCUT2D eigenvalue weighted by Gasteiger charge is -2.24. The highest BCUT2D eigenvalue weighted by Gasteiger charge is 2.19. The van der Waals surface area contributed by atoms with E-state index < -0.39 is 0 Å². The van der Waals surface area contributed by atoms with E-state index >= 15 is 0 Å². The quantitative estimate of drug-likeness (QED) is 0.859. The molecule has 2 aromatic carbocycles. The van der Waals surface area contributed by atoms with Crippen LogP contribution in [0.15, 0.2) is 54.6 Å². The van der Waals surface area contributed by atoms with Crippen molar-refractivity contribution >= 4 is 11.6 Å². The molecule has 0 aliphatic carbocycles. The maximum absolute atomic E-state index is 6.20. The van der Waals surface area contributed by atoms with E-state index in [-0.39, 0.29) is 12.1 Å². The van der Waals surface area contributed by atoms with Gasteiger partial charge in [0.2, 0.25) is 0 Å². The van der Waals surface area contributed by atoms with Crippen LogP contribution in [0.2, 0.25) is 5.02 Å². The first-order chi connectivity index (χ1) is 9.70. The summed E-state index contributed by atoms with van der Waals surface area (Å²) in [7, 11) is 0. The van der Waals surface area contributed by atoms with Crippen molar-refractivity contribution in [3.8, 4) is 0 Å². The molecule has 0 amide bonds. The zero-order chi connectivity index (χ0) is 14.4. The highest BCUT2D eigenvalue weighted by Crippen LogP contribution is 2.25. The predicted molar refractivity (Wildman–Crippen MR) is 83.7 cm³/mol. The minimum atomic E-state index is -0.140. The number of ether oxygens (including phenoxy) is 1. The second kappa shape index (κ2) is 7.44. The number of hydrogen-bond acceptors (Lipinski definition) is 2. The molecular formula is C17H20ClNO. The van der Waals surface area contributed by atoms with E-state index in [1.54, 1.807) is 0 Å². The van der Waals surface area contributed by atoms with Gasteiger partial charge in [0.15, 0.2) is 0 Å². The van der Waals surface area contributed by atoms with Gasteiger partial charge in [0.25, 0.3) is 0 Å². The maximum Gasteiger partial charge on any atom is 0.0980 e. The normalized spacial score (nSPS) is 13.9. The molecule has 2 nitrogen and oxygen atoms in total. The third-order valence-corrected chi connectivity index (χ3v) is 3.54. The molecule has 2 unspecified atom stereocenters. The van der Waals surface area contributed by atoms with Crippen LogP contribution >= 0.6 is 11.6 Å². The fourth-order valence-corrected chi connectivity index (χ4v) is 2.32. The Balaban J connectivity index is 2.12. The summed E-state index contributed by atoms with van der Waals surface area (Å²) in [6.45, 7) is 2.61. The van der Waals surface area contributed by atoms with Crippen LogP contribution in [0, 0.1) is 0 Å². The molecule has 0 bridgehead atoms. The molecule has 0 aliphatic rings. The van der Waals surface area contributed by atoms with Gasteiger partial charge in [-0.25, -0.2) is 0 Å². The van der Waals surface area contributed by atoms with Crippen molar-refractivity contribution in [3.05, 3.63) is 70.7 Å². The molecule has 0 aromatic heterocycles. The lowest BCUT2D eigenvalue weighted by molar-refractivity contribution is 0.0213. The standard InChI is InChI=1S/C17H20ClNO/c1-2-16(19)17(14-9-6-10-15(18)11-14)20-12-13-7-4-3-5-8-13/h3-11,16-17H,2,12,19H2,1H3. The summed E-state index contributed by atoms with van der Waals surface area (Å²) in [5.41, 5.74) is 8.37. The summed E-state index contributed by atoms with van der Waals surface area (Å²) in [5, 5.41) is 0.708. The van der Waals surface area contributed by atoms with Gasteiger partial charge in [-0.2, -0.15) is 0 Å². The minimum Gasteiger partial charge on any atom is -0.367 e. The van der Waals surface area contributed by atoms with Crippen molar-refractivity contribution in [1.82, 2.24) is 0 Å². The Kier molecular flexibility index (Phi) is 5.60. The van der Waals surface area contributed by atoms with Crippen molar-refractivity contribution in [2.24, 2.45) is 5.73 Å². The molecule has 20 heavy (non-hydrogen) atoms. The van der Waals surface area contributed by atoms with E-state index in [1.165, 1.54) is 0 Å². The highest BCUT2D eigenvalue weighted by molar-refractivity contribution is 6.30. The zero-order valence-corrected chi connectivity index (χ0v) is 12.4. The summed E-state index contributed by atoms with van der Waals surface area (Å²) < 4.78 is 6.04. The number of benzene rings is 2. The molecule has 0 saturated carbocycles. The van der Waals surface area contributed by atoms with Crippen LogP contribution in [0.3, 0.4) is 0 Å². The van der Waals surface area contributed by atoms with E-state index in [9.17, 15) is 0 Å². The first-order valence-corrected chi connectivity index (χ1v) is 7.25. The van der Waals surface area contributed by atoms with Gasteiger partial charge < -0.3 is 10.5 Å². The van der Waals surface area contributed by atoms with Crippen LogP contribution < -0.4 is 5.73 Å². The summed E-state index contributed by atoms with van der Waals surface area (Å²) in [6.07, 6.45) is 0.713. The van der Waals surface area contributed by atoms with Crippen LogP contribution in [0.5, 0.6) is 0 Å². The summed E-state index contributed by atoms with van der Waals surface area (Å²) in [4.78, 5) is 0. The van der Waals surface area contributed by atoms with Gasteiger partial charge in [-0.3, -0.25) is 0 Å². The largest absolute Gasteiger partial charge is 0.367 e. The van der Waals surface area contributed by atoms with E-state index in [2.05, 4.69) is 6.92 Å². The number of hydrogen-bond donors (Lipinski definition) is 1. The molecule has 0 saturated heterocycles. The first-order valence-electron chi connectivity index (χ1n) is 6.87. The molecule has 0 aliphatic heterocycles. The fourth-order valence-electron chi connectivity index (χ4n) is 2.12. The lowest BCUT2D eigenvalue weighted by Crippen LogP contribution is -2.29. The number of nitrogens with two attached hydrogens (primary N) is 1. The van der Waals surface area contributed by atoms with E-state index in [0.717, 1.165) is 17.5 Å².